The molecule has 5 nitrogen and oxygen atoms in total. The van der Waals surface area contributed by atoms with Gasteiger partial charge in [-0.05, 0) is 68.7 Å². The minimum Gasteiger partial charge on any atom is -0.396 e. The molecule has 1 aliphatic carbocycles. The zero-order valence-corrected chi connectivity index (χ0v) is 19.0. The Morgan fingerprint density at radius 2 is 1.81 bits per heavy atom. The Morgan fingerprint density at radius 1 is 1.03 bits per heavy atom. The molecule has 0 bridgehead atoms. The molecule has 1 aromatic carbocycles. The summed E-state index contributed by atoms with van der Waals surface area (Å²) in [6.07, 6.45) is 16.3. The third kappa shape index (κ3) is 4.78. The quantitative estimate of drug-likeness (QED) is 0.597. The summed E-state index contributed by atoms with van der Waals surface area (Å²) in [6.45, 7) is 3.55. The Morgan fingerprint density at radius 3 is 2.56 bits per heavy atom. The second kappa shape index (κ2) is 9.95. The smallest absolute Gasteiger partial charge is 0.132 e. The number of aromatic nitrogens is 1. The van der Waals surface area contributed by atoms with Crippen LogP contribution in [0, 0.1) is 5.92 Å². The predicted molar refractivity (Wildman–Crippen MR) is 134 cm³/mol. The largest absolute Gasteiger partial charge is 0.396 e. The molecule has 3 heterocycles. The molecule has 2 N–H and O–H groups in total. The third-order valence-electron chi connectivity index (χ3n) is 7.48. The van der Waals surface area contributed by atoms with Crippen molar-refractivity contribution in [1.82, 2.24) is 4.98 Å². The van der Waals surface area contributed by atoms with Crippen molar-refractivity contribution in [1.29, 1.82) is 0 Å². The Hall–Kier alpha value is -2.53. The molecule has 0 spiro atoms. The van der Waals surface area contributed by atoms with E-state index < -0.39 is 0 Å². The van der Waals surface area contributed by atoms with E-state index >= 15 is 0 Å². The first kappa shape index (κ1) is 21.3. The van der Waals surface area contributed by atoms with Gasteiger partial charge in [-0.15, -0.1) is 0 Å². The normalized spacial score (nSPS) is 19.4. The summed E-state index contributed by atoms with van der Waals surface area (Å²) in [5.74, 6) is 1.69. The van der Waals surface area contributed by atoms with Crippen LogP contribution in [0.5, 0.6) is 0 Å². The molecule has 32 heavy (non-hydrogen) atoms. The van der Waals surface area contributed by atoms with Crippen molar-refractivity contribution in [2.75, 3.05) is 41.4 Å². The highest BCUT2D eigenvalue weighted by atomic mass is 16.2. The molecule has 5 heteroatoms. The first-order chi connectivity index (χ1) is 15.8. The van der Waals surface area contributed by atoms with E-state index in [1.54, 1.807) is 0 Å². The monoisotopic (exact) mass is 432 g/mol. The van der Waals surface area contributed by atoms with E-state index in [4.69, 9.17) is 5.11 Å². The predicted octanol–water partition coefficient (Wildman–Crippen LogP) is 5.59. The van der Waals surface area contributed by atoms with Gasteiger partial charge in [0.2, 0.25) is 0 Å². The molecule has 1 saturated heterocycles. The molecular weight excluding hydrogens is 396 g/mol. The van der Waals surface area contributed by atoms with Crippen molar-refractivity contribution in [2.45, 2.75) is 57.4 Å². The second-order valence-electron chi connectivity index (χ2n) is 9.59. The van der Waals surface area contributed by atoms with Gasteiger partial charge >= 0.3 is 0 Å². The van der Waals surface area contributed by atoms with E-state index in [0.717, 1.165) is 49.9 Å². The fourth-order valence-electron chi connectivity index (χ4n) is 5.62. The summed E-state index contributed by atoms with van der Waals surface area (Å²) < 4.78 is 0. The van der Waals surface area contributed by atoms with Crippen molar-refractivity contribution >= 4 is 29.0 Å². The van der Waals surface area contributed by atoms with E-state index in [1.807, 2.05) is 6.20 Å². The number of hydrogen-bond acceptors (Lipinski definition) is 5. The maximum absolute atomic E-state index is 9.05. The number of nitrogens with zero attached hydrogens (tertiary/aromatic N) is 3. The number of anilines is 4. The van der Waals surface area contributed by atoms with Gasteiger partial charge in [-0.25, -0.2) is 4.98 Å². The number of rotatable bonds is 7. The Kier molecular flexibility index (Phi) is 6.63. The van der Waals surface area contributed by atoms with Gasteiger partial charge in [0.15, 0.2) is 0 Å². The molecule has 2 aliphatic heterocycles. The lowest BCUT2D eigenvalue weighted by molar-refractivity contribution is 0.261. The summed E-state index contributed by atoms with van der Waals surface area (Å²) in [7, 11) is 0. The minimum absolute atomic E-state index is 0.322. The summed E-state index contributed by atoms with van der Waals surface area (Å²) in [5.41, 5.74) is 4.92. The van der Waals surface area contributed by atoms with Gasteiger partial charge < -0.3 is 20.2 Å². The van der Waals surface area contributed by atoms with Crippen LogP contribution in [0.25, 0.3) is 6.08 Å². The van der Waals surface area contributed by atoms with Crippen LogP contribution in [0.3, 0.4) is 0 Å². The highest BCUT2D eigenvalue weighted by Gasteiger charge is 2.25. The van der Waals surface area contributed by atoms with Gasteiger partial charge in [0.1, 0.15) is 5.82 Å². The first-order valence-electron chi connectivity index (χ1n) is 12.5. The molecular formula is C27H36N4O. The number of benzene rings is 1. The number of hydrogen-bond donors (Lipinski definition) is 2. The van der Waals surface area contributed by atoms with Crippen molar-refractivity contribution in [3.05, 3.63) is 48.2 Å². The van der Waals surface area contributed by atoms with Gasteiger partial charge in [-0.1, -0.05) is 25.0 Å². The highest BCUT2D eigenvalue weighted by molar-refractivity contribution is 5.75. The van der Waals surface area contributed by atoms with E-state index in [2.05, 4.69) is 62.6 Å². The summed E-state index contributed by atoms with van der Waals surface area (Å²) in [5, 5.41) is 12.6. The van der Waals surface area contributed by atoms with Crippen LogP contribution < -0.4 is 15.1 Å². The summed E-state index contributed by atoms with van der Waals surface area (Å²) in [4.78, 5) is 9.74. The minimum atomic E-state index is 0.322. The molecule has 0 unspecified atom stereocenters. The fourth-order valence-corrected chi connectivity index (χ4v) is 5.62. The van der Waals surface area contributed by atoms with Crippen LogP contribution in [-0.2, 0) is 0 Å². The average Bonchev–Trinajstić information content (AvgIpc) is 3.38. The highest BCUT2D eigenvalue weighted by Crippen LogP contribution is 2.35. The van der Waals surface area contributed by atoms with Gasteiger partial charge in [-0.3, -0.25) is 0 Å². The van der Waals surface area contributed by atoms with Crippen LogP contribution in [0.2, 0.25) is 0 Å². The number of nitrogens with one attached hydrogen (secondary N) is 1. The average molecular weight is 433 g/mol. The third-order valence-corrected chi connectivity index (χ3v) is 7.48. The zero-order chi connectivity index (χ0) is 21.8. The second-order valence-corrected chi connectivity index (χ2v) is 9.59. The molecule has 1 saturated carbocycles. The SMILES string of the molecule is OCCCC1CCN(c2ccc(Nc3cc4c(cn3)C=CCN4C3CCCC3)cc2)CC1. The standard InChI is InChI=1S/C27H36N4O/c32-18-4-5-21-13-16-30(17-14-21)24-11-9-23(10-12-24)29-27-19-26-22(20-28-27)6-3-15-31(26)25-7-1-2-8-25/h3,6,9-12,19-21,25,32H,1-2,4-5,7-8,13-18H2,(H,28,29). The van der Waals surface area contributed by atoms with Gasteiger partial charge in [0.25, 0.3) is 0 Å². The maximum atomic E-state index is 9.05. The molecule has 2 aromatic rings. The molecule has 1 aromatic heterocycles. The lowest BCUT2D eigenvalue weighted by Crippen LogP contribution is -2.35. The fraction of sp³-hybridized carbons (Fsp3) is 0.519. The molecule has 170 valence electrons. The lowest BCUT2D eigenvalue weighted by atomic mass is 9.92. The number of pyridine rings is 1. The van der Waals surface area contributed by atoms with Crippen molar-refractivity contribution in [2.24, 2.45) is 5.92 Å². The van der Waals surface area contributed by atoms with Crippen LogP contribution in [0.1, 0.15) is 56.9 Å². The Balaban J connectivity index is 1.23. The van der Waals surface area contributed by atoms with Crippen molar-refractivity contribution in [3.8, 4) is 0 Å². The summed E-state index contributed by atoms with van der Waals surface area (Å²) >= 11 is 0. The van der Waals surface area contributed by atoms with Crippen LogP contribution in [0.4, 0.5) is 22.9 Å². The Labute approximate surface area is 192 Å². The Bertz CT molecular complexity index is 912. The van der Waals surface area contributed by atoms with Crippen LogP contribution in [-0.4, -0.2) is 42.4 Å². The number of fused-ring (bicyclic) bond motifs is 1. The van der Waals surface area contributed by atoms with Crippen molar-refractivity contribution in [3.63, 3.8) is 0 Å². The number of aliphatic hydroxyl groups excluding tert-OH is 1. The van der Waals surface area contributed by atoms with E-state index in [9.17, 15) is 0 Å². The first-order valence-corrected chi connectivity index (χ1v) is 12.5. The maximum Gasteiger partial charge on any atom is 0.132 e. The number of piperidine rings is 1. The molecule has 0 radical (unpaired) electrons. The van der Waals surface area contributed by atoms with E-state index in [-0.39, 0.29) is 0 Å². The molecule has 0 amide bonds. The van der Waals surface area contributed by atoms with Crippen LogP contribution in [0.15, 0.2) is 42.6 Å². The summed E-state index contributed by atoms with van der Waals surface area (Å²) in [6, 6.07) is 11.7. The number of aliphatic hydroxyl groups is 1. The van der Waals surface area contributed by atoms with Crippen LogP contribution >= 0.6 is 0 Å². The van der Waals surface area contributed by atoms with Crippen molar-refractivity contribution < 1.29 is 5.11 Å². The van der Waals surface area contributed by atoms with Gasteiger partial charge in [0.05, 0.1) is 0 Å². The van der Waals surface area contributed by atoms with E-state index in [1.165, 1.54) is 55.5 Å². The molecule has 0 atom stereocenters. The lowest BCUT2D eigenvalue weighted by Gasteiger charge is -2.34. The van der Waals surface area contributed by atoms with Gasteiger partial charge in [0, 0.05) is 67.2 Å². The topological polar surface area (TPSA) is 51.6 Å². The zero-order valence-electron chi connectivity index (χ0n) is 19.0. The van der Waals surface area contributed by atoms with Gasteiger partial charge in [-0.2, -0.15) is 0 Å². The molecule has 5 rings (SSSR count). The molecule has 2 fully saturated rings. The van der Waals surface area contributed by atoms with E-state index in [0.29, 0.717) is 12.6 Å². The molecule has 3 aliphatic rings.